The van der Waals surface area contributed by atoms with Gasteiger partial charge in [0.25, 0.3) is 0 Å². The Morgan fingerprint density at radius 3 is 2.88 bits per heavy atom. The Labute approximate surface area is 97.0 Å². The molecule has 1 aromatic rings. The van der Waals surface area contributed by atoms with E-state index < -0.39 is 0 Å². The van der Waals surface area contributed by atoms with E-state index in [1.165, 1.54) is 0 Å². The number of hydrogen-bond donors (Lipinski definition) is 1. The lowest BCUT2D eigenvalue weighted by Crippen LogP contribution is -2.10. The van der Waals surface area contributed by atoms with Crippen molar-refractivity contribution < 1.29 is 4.74 Å². The van der Waals surface area contributed by atoms with Gasteiger partial charge in [0, 0.05) is 18.8 Å². The molecule has 0 unspecified atom stereocenters. The Kier molecular flexibility index (Phi) is 5.38. The topological polar surface area (TPSA) is 45.0 Å². The summed E-state index contributed by atoms with van der Waals surface area (Å²) in [5.74, 6) is 0. The highest BCUT2D eigenvalue weighted by molar-refractivity contribution is 5.55. The van der Waals surface area contributed by atoms with Crippen LogP contribution in [0.3, 0.4) is 0 Å². The van der Waals surface area contributed by atoms with E-state index in [4.69, 9.17) is 10.00 Å². The molecular formula is C13H18N2O. The molecule has 0 radical (unpaired) electrons. The molecule has 0 bridgehead atoms. The van der Waals surface area contributed by atoms with Crippen LogP contribution in [-0.4, -0.2) is 19.8 Å². The Morgan fingerprint density at radius 2 is 2.19 bits per heavy atom. The van der Waals surface area contributed by atoms with Crippen LogP contribution in [0.4, 0.5) is 5.69 Å². The first-order valence-corrected chi connectivity index (χ1v) is 5.60. The molecule has 3 nitrogen and oxygen atoms in total. The minimum atomic E-state index is 0.683. The van der Waals surface area contributed by atoms with Crippen molar-refractivity contribution in [2.75, 3.05) is 25.1 Å². The van der Waals surface area contributed by atoms with Gasteiger partial charge in [0.2, 0.25) is 0 Å². The van der Waals surface area contributed by atoms with Gasteiger partial charge >= 0.3 is 0 Å². The van der Waals surface area contributed by atoms with Crippen LogP contribution in [0, 0.1) is 18.3 Å². The summed E-state index contributed by atoms with van der Waals surface area (Å²) < 4.78 is 5.37. The number of ether oxygens (including phenoxy) is 1. The predicted octanol–water partition coefficient (Wildman–Crippen LogP) is 2.71. The molecule has 0 fully saturated rings. The van der Waals surface area contributed by atoms with Crippen LogP contribution >= 0.6 is 0 Å². The molecule has 1 rings (SSSR count). The molecule has 0 aliphatic carbocycles. The van der Waals surface area contributed by atoms with Gasteiger partial charge in [-0.1, -0.05) is 13.0 Å². The van der Waals surface area contributed by atoms with Gasteiger partial charge in [-0.05, 0) is 31.0 Å². The number of nitrogens with one attached hydrogen (secondary N) is 1. The summed E-state index contributed by atoms with van der Waals surface area (Å²) in [6.07, 6.45) is 1.04. The normalized spacial score (nSPS) is 9.81. The molecule has 3 heteroatoms. The quantitative estimate of drug-likeness (QED) is 0.747. The number of benzene rings is 1. The highest BCUT2D eigenvalue weighted by atomic mass is 16.5. The molecule has 0 amide bonds. The lowest BCUT2D eigenvalue weighted by Gasteiger charge is -2.09. The van der Waals surface area contributed by atoms with Gasteiger partial charge < -0.3 is 10.1 Å². The zero-order valence-corrected chi connectivity index (χ0v) is 9.92. The fraction of sp³-hybridized carbons (Fsp3) is 0.462. The Balaban J connectivity index is 2.44. The van der Waals surface area contributed by atoms with Crippen LogP contribution in [0.2, 0.25) is 0 Å². The molecule has 0 aliphatic rings. The number of rotatable bonds is 6. The van der Waals surface area contributed by atoms with Crippen LogP contribution in [0.5, 0.6) is 0 Å². The average Bonchev–Trinajstić information content (AvgIpc) is 2.31. The van der Waals surface area contributed by atoms with Crippen LogP contribution in [0.25, 0.3) is 0 Å². The van der Waals surface area contributed by atoms with Gasteiger partial charge in [-0.2, -0.15) is 5.26 Å². The molecule has 0 aromatic heterocycles. The molecule has 0 aliphatic heterocycles. The van der Waals surface area contributed by atoms with E-state index in [-0.39, 0.29) is 0 Å². The predicted molar refractivity (Wildman–Crippen MR) is 65.5 cm³/mol. The van der Waals surface area contributed by atoms with Gasteiger partial charge in [-0.15, -0.1) is 0 Å². The minimum absolute atomic E-state index is 0.683. The molecule has 1 aromatic carbocycles. The average molecular weight is 218 g/mol. The van der Waals surface area contributed by atoms with E-state index >= 15 is 0 Å². The van der Waals surface area contributed by atoms with E-state index in [1.54, 1.807) is 0 Å². The monoisotopic (exact) mass is 218 g/mol. The zero-order chi connectivity index (χ0) is 11.8. The van der Waals surface area contributed by atoms with Crippen LogP contribution in [-0.2, 0) is 4.74 Å². The van der Waals surface area contributed by atoms with Crippen LogP contribution < -0.4 is 5.32 Å². The second-order valence-electron chi connectivity index (χ2n) is 3.68. The molecule has 0 atom stereocenters. The van der Waals surface area contributed by atoms with Crippen molar-refractivity contribution in [1.29, 1.82) is 5.26 Å². The molecule has 86 valence electrons. The second-order valence-corrected chi connectivity index (χ2v) is 3.68. The highest BCUT2D eigenvalue weighted by Crippen LogP contribution is 2.15. The van der Waals surface area contributed by atoms with Crippen molar-refractivity contribution in [1.82, 2.24) is 0 Å². The SMILES string of the molecule is CCCOCCNc1cc(C#N)ccc1C. The number of anilines is 1. The van der Waals surface area contributed by atoms with E-state index in [9.17, 15) is 0 Å². The Hall–Kier alpha value is -1.53. The van der Waals surface area contributed by atoms with Gasteiger partial charge in [0.05, 0.1) is 18.2 Å². The third kappa shape index (κ3) is 3.92. The smallest absolute Gasteiger partial charge is 0.0992 e. The summed E-state index contributed by atoms with van der Waals surface area (Å²) in [7, 11) is 0. The first kappa shape index (κ1) is 12.5. The van der Waals surface area contributed by atoms with E-state index in [0.29, 0.717) is 12.2 Å². The zero-order valence-electron chi connectivity index (χ0n) is 9.92. The van der Waals surface area contributed by atoms with Crippen LogP contribution in [0.1, 0.15) is 24.5 Å². The first-order chi connectivity index (χ1) is 7.77. The third-order valence-electron chi connectivity index (χ3n) is 2.28. The van der Waals surface area contributed by atoms with Gasteiger partial charge in [0.15, 0.2) is 0 Å². The fourth-order valence-corrected chi connectivity index (χ4v) is 1.39. The molecule has 0 saturated carbocycles. The molecule has 0 saturated heterocycles. The maximum Gasteiger partial charge on any atom is 0.0992 e. The molecule has 16 heavy (non-hydrogen) atoms. The van der Waals surface area contributed by atoms with Crippen molar-refractivity contribution in [2.45, 2.75) is 20.3 Å². The van der Waals surface area contributed by atoms with Crippen LogP contribution in [0.15, 0.2) is 18.2 Å². The van der Waals surface area contributed by atoms with Gasteiger partial charge in [-0.25, -0.2) is 0 Å². The van der Waals surface area contributed by atoms with Crippen molar-refractivity contribution in [3.05, 3.63) is 29.3 Å². The molecule has 1 N–H and O–H groups in total. The number of nitriles is 1. The molecular weight excluding hydrogens is 200 g/mol. The van der Waals surface area contributed by atoms with Crippen molar-refractivity contribution in [3.63, 3.8) is 0 Å². The largest absolute Gasteiger partial charge is 0.382 e. The highest BCUT2D eigenvalue weighted by Gasteiger charge is 1.99. The Morgan fingerprint density at radius 1 is 1.38 bits per heavy atom. The van der Waals surface area contributed by atoms with Gasteiger partial charge in [0.1, 0.15) is 0 Å². The van der Waals surface area contributed by atoms with Crippen molar-refractivity contribution in [2.24, 2.45) is 0 Å². The van der Waals surface area contributed by atoms with Crippen molar-refractivity contribution >= 4 is 5.69 Å². The van der Waals surface area contributed by atoms with Gasteiger partial charge in [-0.3, -0.25) is 0 Å². The van der Waals surface area contributed by atoms with E-state index in [0.717, 1.165) is 30.8 Å². The van der Waals surface area contributed by atoms with Crippen molar-refractivity contribution in [3.8, 4) is 6.07 Å². The number of aryl methyl sites for hydroxylation is 1. The minimum Gasteiger partial charge on any atom is -0.382 e. The fourth-order valence-electron chi connectivity index (χ4n) is 1.39. The van der Waals surface area contributed by atoms with E-state index in [2.05, 4.69) is 18.3 Å². The summed E-state index contributed by atoms with van der Waals surface area (Å²) in [5, 5.41) is 12.1. The third-order valence-corrected chi connectivity index (χ3v) is 2.28. The summed E-state index contributed by atoms with van der Waals surface area (Å²) >= 11 is 0. The number of nitrogens with zero attached hydrogens (tertiary/aromatic N) is 1. The summed E-state index contributed by atoms with van der Waals surface area (Å²) in [6, 6.07) is 7.78. The Bertz CT molecular complexity index is 369. The lowest BCUT2D eigenvalue weighted by molar-refractivity contribution is 0.144. The maximum absolute atomic E-state index is 8.79. The summed E-state index contributed by atoms with van der Waals surface area (Å²) in [5.41, 5.74) is 2.84. The summed E-state index contributed by atoms with van der Waals surface area (Å²) in [4.78, 5) is 0. The van der Waals surface area contributed by atoms with E-state index in [1.807, 2.05) is 25.1 Å². The lowest BCUT2D eigenvalue weighted by atomic mass is 10.1. The second kappa shape index (κ2) is 6.86. The molecule has 0 spiro atoms. The maximum atomic E-state index is 8.79. The standard InChI is InChI=1S/C13H18N2O/c1-3-7-16-8-6-15-13-9-12(10-14)5-4-11(13)2/h4-5,9,15H,3,6-8H2,1-2H3. The molecule has 0 heterocycles. The first-order valence-electron chi connectivity index (χ1n) is 5.60. The summed E-state index contributed by atoms with van der Waals surface area (Å²) in [6.45, 7) is 6.39. The number of hydrogen-bond acceptors (Lipinski definition) is 3.